The molecule has 0 atom stereocenters. The lowest BCUT2D eigenvalue weighted by atomic mass is 9.97. The normalized spacial score (nSPS) is 11.6. The molecule has 0 radical (unpaired) electrons. The van der Waals surface area contributed by atoms with Crippen LogP contribution in [0.4, 0.5) is 17.1 Å². The van der Waals surface area contributed by atoms with Crippen LogP contribution in [0.3, 0.4) is 0 Å². The molecule has 0 aliphatic heterocycles. The molecule has 11 aromatic rings. The minimum absolute atomic E-state index is 0.866. The number of furan rings is 1. The minimum Gasteiger partial charge on any atom is -0.456 e. The van der Waals surface area contributed by atoms with Gasteiger partial charge >= 0.3 is 0 Å². The summed E-state index contributed by atoms with van der Waals surface area (Å²) in [5, 5.41) is 7.17. The summed E-state index contributed by atoms with van der Waals surface area (Å²) in [4.78, 5) is 2.38. The van der Waals surface area contributed by atoms with E-state index >= 15 is 0 Å². The van der Waals surface area contributed by atoms with Crippen molar-refractivity contribution < 1.29 is 4.42 Å². The standard InChI is InChI=1S/C52H34N2O/c1-2-18-40-35(14-1)15-12-23-41(40)37-16-11-17-39(34-37)53(49-27-13-29-51-52(49)45-22-6-10-28-50(45)55-51)38-32-30-36(31-33-38)42-19-3-7-24-46(42)54-47-25-8-4-20-43(47)44-21-5-9-26-48(44)54/h1-34H. The van der Waals surface area contributed by atoms with Crippen LogP contribution >= 0.6 is 0 Å². The number of hydrogen-bond donors (Lipinski definition) is 0. The van der Waals surface area contributed by atoms with Crippen LogP contribution in [0.2, 0.25) is 0 Å². The summed E-state index contributed by atoms with van der Waals surface area (Å²) >= 11 is 0. The predicted molar refractivity (Wildman–Crippen MR) is 231 cm³/mol. The molecule has 0 aliphatic rings. The molecule has 0 bridgehead atoms. The fourth-order valence-corrected chi connectivity index (χ4v) is 8.54. The van der Waals surface area contributed by atoms with E-state index < -0.39 is 0 Å². The molecular weight excluding hydrogens is 669 g/mol. The summed E-state index contributed by atoms with van der Waals surface area (Å²) < 4.78 is 8.82. The van der Waals surface area contributed by atoms with Gasteiger partial charge in [0.05, 0.1) is 27.8 Å². The van der Waals surface area contributed by atoms with Crippen LogP contribution in [0.1, 0.15) is 0 Å². The van der Waals surface area contributed by atoms with Gasteiger partial charge in [0, 0.05) is 33.1 Å². The number of nitrogens with zero attached hydrogens (tertiary/aromatic N) is 2. The van der Waals surface area contributed by atoms with E-state index in [0.717, 1.165) is 50.3 Å². The van der Waals surface area contributed by atoms with Crippen LogP contribution in [0, 0.1) is 0 Å². The third-order valence-electron chi connectivity index (χ3n) is 11.0. The average molecular weight is 703 g/mol. The SMILES string of the molecule is c1cc(-c2cccc3ccccc23)cc(N(c2ccc(-c3ccccc3-n3c4ccccc4c4ccccc43)cc2)c2cccc3oc4ccccc4c23)c1. The Morgan fingerprint density at radius 3 is 1.80 bits per heavy atom. The van der Waals surface area contributed by atoms with Gasteiger partial charge in [-0.05, 0) is 88.1 Å². The van der Waals surface area contributed by atoms with Crippen molar-refractivity contribution in [1.29, 1.82) is 0 Å². The van der Waals surface area contributed by atoms with Crippen molar-refractivity contribution in [2.45, 2.75) is 0 Å². The molecule has 0 spiro atoms. The van der Waals surface area contributed by atoms with E-state index in [2.05, 4.69) is 204 Å². The van der Waals surface area contributed by atoms with Gasteiger partial charge in [-0.2, -0.15) is 0 Å². The Labute approximate surface area is 318 Å². The number of para-hydroxylation sites is 4. The maximum atomic E-state index is 6.41. The molecule has 3 nitrogen and oxygen atoms in total. The molecule has 258 valence electrons. The zero-order chi connectivity index (χ0) is 36.3. The first-order valence-electron chi connectivity index (χ1n) is 18.8. The fourth-order valence-electron chi connectivity index (χ4n) is 8.54. The second kappa shape index (κ2) is 12.6. The van der Waals surface area contributed by atoms with Gasteiger partial charge < -0.3 is 13.9 Å². The van der Waals surface area contributed by atoms with Gasteiger partial charge in [0.1, 0.15) is 11.2 Å². The highest BCUT2D eigenvalue weighted by atomic mass is 16.3. The lowest BCUT2D eigenvalue weighted by Crippen LogP contribution is -2.10. The molecule has 0 saturated heterocycles. The molecular formula is C52H34N2O. The Bertz CT molecular complexity index is 3160. The second-order valence-electron chi connectivity index (χ2n) is 14.1. The molecule has 0 aliphatic carbocycles. The zero-order valence-corrected chi connectivity index (χ0v) is 29.9. The number of anilines is 3. The largest absolute Gasteiger partial charge is 0.456 e. The Balaban J connectivity index is 1.09. The quantitative estimate of drug-likeness (QED) is 0.172. The third-order valence-corrected chi connectivity index (χ3v) is 11.0. The lowest BCUT2D eigenvalue weighted by Gasteiger charge is -2.27. The van der Waals surface area contributed by atoms with Crippen molar-refractivity contribution in [3.05, 3.63) is 206 Å². The summed E-state index contributed by atoms with van der Waals surface area (Å²) in [5.74, 6) is 0. The summed E-state index contributed by atoms with van der Waals surface area (Å²) in [6.07, 6.45) is 0. The molecule has 0 saturated carbocycles. The highest BCUT2D eigenvalue weighted by Gasteiger charge is 2.21. The van der Waals surface area contributed by atoms with Gasteiger partial charge in [-0.3, -0.25) is 0 Å². The van der Waals surface area contributed by atoms with Gasteiger partial charge in [-0.15, -0.1) is 0 Å². The molecule has 0 fully saturated rings. The molecule has 3 heteroatoms. The minimum atomic E-state index is 0.866. The number of rotatable bonds is 6. The van der Waals surface area contributed by atoms with E-state index in [0.29, 0.717) is 0 Å². The first kappa shape index (κ1) is 31.2. The number of benzene rings is 9. The van der Waals surface area contributed by atoms with Crippen LogP contribution in [0.15, 0.2) is 211 Å². The van der Waals surface area contributed by atoms with E-state index in [9.17, 15) is 0 Å². The first-order chi connectivity index (χ1) is 27.3. The second-order valence-corrected chi connectivity index (χ2v) is 14.1. The van der Waals surface area contributed by atoms with E-state index in [1.165, 1.54) is 49.3 Å². The van der Waals surface area contributed by atoms with Gasteiger partial charge in [-0.1, -0.05) is 146 Å². The van der Waals surface area contributed by atoms with Crippen molar-refractivity contribution in [3.8, 4) is 27.9 Å². The van der Waals surface area contributed by atoms with Crippen molar-refractivity contribution in [2.75, 3.05) is 4.90 Å². The zero-order valence-electron chi connectivity index (χ0n) is 29.9. The summed E-state index contributed by atoms with van der Waals surface area (Å²) in [6.45, 7) is 0. The highest BCUT2D eigenvalue weighted by molar-refractivity contribution is 6.14. The summed E-state index contributed by atoms with van der Waals surface area (Å²) in [7, 11) is 0. The molecule has 2 aromatic heterocycles. The molecule has 0 N–H and O–H groups in total. The number of fused-ring (bicyclic) bond motifs is 7. The fraction of sp³-hybridized carbons (Fsp3) is 0. The maximum Gasteiger partial charge on any atom is 0.137 e. The molecule has 0 amide bonds. The van der Waals surface area contributed by atoms with Crippen LogP contribution in [0.25, 0.3) is 82.5 Å². The van der Waals surface area contributed by atoms with E-state index in [-0.39, 0.29) is 0 Å². The van der Waals surface area contributed by atoms with Crippen LogP contribution in [-0.2, 0) is 0 Å². The van der Waals surface area contributed by atoms with Gasteiger partial charge in [-0.25, -0.2) is 0 Å². The molecule has 0 unspecified atom stereocenters. The van der Waals surface area contributed by atoms with Crippen LogP contribution in [0.5, 0.6) is 0 Å². The maximum absolute atomic E-state index is 6.41. The molecule has 2 heterocycles. The smallest absolute Gasteiger partial charge is 0.137 e. The van der Waals surface area contributed by atoms with Crippen LogP contribution in [-0.4, -0.2) is 4.57 Å². The van der Waals surface area contributed by atoms with Crippen molar-refractivity contribution in [2.24, 2.45) is 0 Å². The highest BCUT2D eigenvalue weighted by Crippen LogP contribution is 2.45. The monoisotopic (exact) mass is 702 g/mol. The number of aromatic nitrogens is 1. The molecule has 9 aromatic carbocycles. The Kier molecular flexibility index (Phi) is 7.17. The first-order valence-corrected chi connectivity index (χ1v) is 18.8. The lowest BCUT2D eigenvalue weighted by molar-refractivity contribution is 0.669. The van der Waals surface area contributed by atoms with Crippen molar-refractivity contribution in [3.63, 3.8) is 0 Å². The van der Waals surface area contributed by atoms with E-state index in [4.69, 9.17) is 4.42 Å². The number of hydrogen-bond acceptors (Lipinski definition) is 2. The predicted octanol–water partition coefficient (Wildman–Crippen LogP) is 14.6. The van der Waals surface area contributed by atoms with Crippen molar-refractivity contribution in [1.82, 2.24) is 4.57 Å². The van der Waals surface area contributed by atoms with Gasteiger partial charge in [0.15, 0.2) is 0 Å². The summed E-state index contributed by atoms with van der Waals surface area (Å²) in [5.41, 5.74) is 13.2. The van der Waals surface area contributed by atoms with Gasteiger partial charge in [0.25, 0.3) is 0 Å². The molecule has 55 heavy (non-hydrogen) atoms. The molecule has 11 rings (SSSR count). The Hall–Kier alpha value is -7.36. The third kappa shape index (κ3) is 5.05. The Morgan fingerprint density at radius 1 is 0.382 bits per heavy atom. The summed E-state index contributed by atoms with van der Waals surface area (Å²) in [6, 6.07) is 73.9. The van der Waals surface area contributed by atoms with E-state index in [1.54, 1.807) is 0 Å². The van der Waals surface area contributed by atoms with Crippen molar-refractivity contribution >= 4 is 71.6 Å². The van der Waals surface area contributed by atoms with E-state index in [1.807, 2.05) is 12.1 Å². The topological polar surface area (TPSA) is 21.3 Å². The van der Waals surface area contributed by atoms with Gasteiger partial charge in [0.2, 0.25) is 0 Å². The average Bonchev–Trinajstić information content (AvgIpc) is 3.80. The van der Waals surface area contributed by atoms with Crippen LogP contribution < -0.4 is 4.90 Å². The Morgan fingerprint density at radius 2 is 0.982 bits per heavy atom.